The van der Waals surface area contributed by atoms with Gasteiger partial charge in [0.05, 0.1) is 6.20 Å². The highest BCUT2D eigenvalue weighted by atomic mass is 79.9. The van der Waals surface area contributed by atoms with Crippen molar-refractivity contribution in [1.29, 1.82) is 0 Å². The standard InChI is InChI=1S/C18H26BrN5/c1-4-20-18(21-11-7-8-15-12-22-24(3)13-15)23(2)14-16-9-5-6-10-17(16)19/h5-6,9-10,12-13H,4,7-8,11,14H2,1-3H3,(H,20,21). The first kappa shape index (κ1) is 18.5. The SMILES string of the molecule is CCNC(=NCCCc1cnn(C)c1)N(C)Cc1ccccc1Br. The average Bonchev–Trinajstić information content (AvgIpc) is 2.98. The molecule has 0 aliphatic carbocycles. The van der Waals surface area contributed by atoms with Crippen LogP contribution in [-0.2, 0) is 20.0 Å². The van der Waals surface area contributed by atoms with Crippen LogP contribution in [0.1, 0.15) is 24.5 Å². The van der Waals surface area contributed by atoms with Crippen LogP contribution in [0.25, 0.3) is 0 Å². The summed E-state index contributed by atoms with van der Waals surface area (Å²) < 4.78 is 2.97. The molecule has 0 aliphatic heterocycles. The zero-order valence-corrected chi connectivity index (χ0v) is 16.3. The van der Waals surface area contributed by atoms with Crippen molar-refractivity contribution >= 4 is 21.9 Å². The minimum Gasteiger partial charge on any atom is -0.357 e. The van der Waals surface area contributed by atoms with E-state index < -0.39 is 0 Å². The fourth-order valence-corrected chi connectivity index (χ4v) is 2.91. The summed E-state index contributed by atoms with van der Waals surface area (Å²) >= 11 is 3.61. The van der Waals surface area contributed by atoms with Crippen LogP contribution in [0.3, 0.4) is 0 Å². The van der Waals surface area contributed by atoms with Crippen LogP contribution in [0.2, 0.25) is 0 Å². The van der Waals surface area contributed by atoms with Gasteiger partial charge < -0.3 is 10.2 Å². The van der Waals surface area contributed by atoms with Crippen LogP contribution in [0.5, 0.6) is 0 Å². The fraction of sp³-hybridized carbons (Fsp3) is 0.444. The molecule has 0 radical (unpaired) electrons. The Labute approximate surface area is 152 Å². The van der Waals surface area contributed by atoms with E-state index in [2.05, 4.69) is 69.6 Å². The zero-order valence-electron chi connectivity index (χ0n) is 14.7. The maximum atomic E-state index is 4.75. The lowest BCUT2D eigenvalue weighted by atomic mass is 10.2. The Morgan fingerprint density at radius 2 is 2.17 bits per heavy atom. The molecule has 1 N–H and O–H groups in total. The number of guanidine groups is 1. The maximum absolute atomic E-state index is 4.75. The Morgan fingerprint density at radius 1 is 1.38 bits per heavy atom. The number of aromatic nitrogens is 2. The highest BCUT2D eigenvalue weighted by Crippen LogP contribution is 2.17. The largest absolute Gasteiger partial charge is 0.357 e. The van der Waals surface area contributed by atoms with E-state index in [4.69, 9.17) is 4.99 Å². The Hall–Kier alpha value is -1.82. The molecule has 0 aliphatic rings. The summed E-state index contributed by atoms with van der Waals surface area (Å²) in [5, 5.41) is 7.57. The van der Waals surface area contributed by atoms with Crippen LogP contribution < -0.4 is 5.32 Å². The zero-order chi connectivity index (χ0) is 17.4. The van der Waals surface area contributed by atoms with Crippen molar-refractivity contribution in [3.63, 3.8) is 0 Å². The summed E-state index contributed by atoms with van der Waals surface area (Å²) in [6.07, 6.45) is 6.01. The van der Waals surface area contributed by atoms with Crippen molar-refractivity contribution in [2.24, 2.45) is 12.0 Å². The molecule has 1 heterocycles. The Morgan fingerprint density at radius 3 is 2.83 bits per heavy atom. The van der Waals surface area contributed by atoms with Gasteiger partial charge in [-0.05, 0) is 37.0 Å². The predicted molar refractivity (Wildman–Crippen MR) is 103 cm³/mol. The number of aryl methyl sites for hydroxylation is 2. The van der Waals surface area contributed by atoms with Gasteiger partial charge in [0.1, 0.15) is 0 Å². The van der Waals surface area contributed by atoms with Gasteiger partial charge in [-0.2, -0.15) is 5.10 Å². The summed E-state index contributed by atoms with van der Waals surface area (Å²) in [4.78, 5) is 6.91. The monoisotopic (exact) mass is 391 g/mol. The molecule has 1 aromatic carbocycles. The lowest BCUT2D eigenvalue weighted by molar-refractivity contribution is 0.475. The summed E-state index contributed by atoms with van der Waals surface area (Å²) in [7, 11) is 4.02. The normalized spacial score (nSPS) is 11.6. The Bertz CT molecular complexity index is 665. The van der Waals surface area contributed by atoms with Gasteiger partial charge in [-0.25, -0.2) is 0 Å². The van der Waals surface area contributed by atoms with E-state index in [-0.39, 0.29) is 0 Å². The maximum Gasteiger partial charge on any atom is 0.193 e. The van der Waals surface area contributed by atoms with Crippen molar-refractivity contribution in [2.75, 3.05) is 20.1 Å². The lowest BCUT2D eigenvalue weighted by Gasteiger charge is -2.22. The number of hydrogen-bond acceptors (Lipinski definition) is 2. The van der Waals surface area contributed by atoms with E-state index in [1.807, 2.05) is 24.0 Å². The molecule has 24 heavy (non-hydrogen) atoms. The minimum atomic E-state index is 0.803. The highest BCUT2D eigenvalue weighted by molar-refractivity contribution is 9.10. The van der Waals surface area contributed by atoms with E-state index in [1.54, 1.807) is 0 Å². The molecule has 6 heteroatoms. The number of rotatable bonds is 7. The van der Waals surface area contributed by atoms with Crippen molar-refractivity contribution in [3.8, 4) is 0 Å². The number of hydrogen-bond donors (Lipinski definition) is 1. The van der Waals surface area contributed by atoms with Crippen LogP contribution >= 0.6 is 15.9 Å². The molecule has 0 unspecified atom stereocenters. The van der Waals surface area contributed by atoms with Gasteiger partial charge in [-0.3, -0.25) is 9.67 Å². The summed E-state index contributed by atoms with van der Waals surface area (Å²) in [5.74, 6) is 0.944. The molecule has 0 amide bonds. The number of aliphatic imine (C=N–C) groups is 1. The molecule has 0 atom stereocenters. The second-order valence-corrected chi connectivity index (χ2v) is 6.66. The van der Waals surface area contributed by atoms with E-state index in [0.29, 0.717) is 0 Å². The van der Waals surface area contributed by atoms with Crippen molar-refractivity contribution < 1.29 is 0 Å². The molecule has 0 spiro atoms. The first-order chi connectivity index (χ1) is 11.6. The van der Waals surface area contributed by atoms with Crippen molar-refractivity contribution in [3.05, 3.63) is 52.3 Å². The molecular weight excluding hydrogens is 366 g/mol. The molecule has 2 aromatic rings. The number of nitrogens with zero attached hydrogens (tertiary/aromatic N) is 4. The van der Waals surface area contributed by atoms with Gasteiger partial charge in [0.25, 0.3) is 0 Å². The molecule has 1 aromatic heterocycles. The predicted octanol–water partition coefficient (Wildman–Crippen LogP) is 3.21. The van der Waals surface area contributed by atoms with Gasteiger partial charge in [0, 0.05) is 44.4 Å². The second-order valence-electron chi connectivity index (χ2n) is 5.81. The smallest absolute Gasteiger partial charge is 0.193 e. The van der Waals surface area contributed by atoms with Crippen molar-refractivity contribution in [1.82, 2.24) is 20.0 Å². The van der Waals surface area contributed by atoms with Gasteiger partial charge >= 0.3 is 0 Å². The van der Waals surface area contributed by atoms with Gasteiger partial charge in [0.2, 0.25) is 0 Å². The van der Waals surface area contributed by atoms with E-state index in [1.165, 1.54) is 11.1 Å². The molecule has 0 saturated carbocycles. The summed E-state index contributed by atoms with van der Waals surface area (Å²) in [6.45, 7) is 4.58. The lowest BCUT2D eigenvalue weighted by Crippen LogP contribution is -2.38. The summed E-state index contributed by atoms with van der Waals surface area (Å²) in [6, 6.07) is 8.30. The second kappa shape index (κ2) is 9.47. The van der Waals surface area contributed by atoms with E-state index in [9.17, 15) is 0 Å². The van der Waals surface area contributed by atoms with E-state index >= 15 is 0 Å². The molecule has 5 nitrogen and oxygen atoms in total. The minimum absolute atomic E-state index is 0.803. The molecule has 0 fully saturated rings. The Kier molecular flexibility index (Phi) is 7.31. The van der Waals surface area contributed by atoms with Crippen LogP contribution in [-0.4, -0.2) is 40.8 Å². The van der Waals surface area contributed by atoms with Crippen molar-refractivity contribution in [2.45, 2.75) is 26.3 Å². The van der Waals surface area contributed by atoms with Crippen LogP contribution in [0.4, 0.5) is 0 Å². The van der Waals surface area contributed by atoms with Gasteiger partial charge in [0.15, 0.2) is 5.96 Å². The average molecular weight is 392 g/mol. The highest BCUT2D eigenvalue weighted by Gasteiger charge is 2.08. The van der Waals surface area contributed by atoms with E-state index in [0.717, 1.165) is 42.9 Å². The van der Waals surface area contributed by atoms with Gasteiger partial charge in [-0.1, -0.05) is 34.1 Å². The quantitative estimate of drug-likeness (QED) is 0.447. The molecule has 0 saturated heterocycles. The number of nitrogens with one attached hydrogen (secondary N) is 1. The molecule has 2 rings (SSSR count). The first-order valence-corrected chi connectivity index (χ1v) is 9.09. The van der Waals surface area contributed by atoms with Crippen LogP contribution in [0, 0.1) is 0 Å². The third kappa shape index (κ3) is 5.67. The third-order valence-electron chi connectivity index (χ3n) is 3.71. The Balaban J connectivity index is 1.90. The third-order valence-corrected chi connectivity index (χ3v) is 4.48. The molecular formula is C18H26BrN5. The number of benzene rings is 1. The summed E-state index contributed by atoms with van der Waals surface area (Å²) in [5.41, 5.74) is 2.51. The molecule has 0 bridgehead atoms. The molecule has 130 valence electrons. The van der Waals surface area contributed by atoms with Crippen LogP contribution in [0.15, 0.2) is 46.1 Å². The first-order valence-electron chi connectivity index (χ1n) is 8.30. The van der Waals surface area contributed by atoms with Gasteiger partial charge in [-0.15, -0.1) is 0 Å². The number of halogens is 1. The topological polar surface area (TPSA) is 45.5 Å². The fourth-order valence-electron chi connectivity index (χ4n) is 2.50.